The Balaban J connectivity index is 1.87. The van der Waals surface area contributed by atoms with Crippen LogP contribution in [0.3, 0.4) is 0 Å². The van der Waals surface area contributed by atoms with Crippen LogP contribution in [0.25, 0.3) is 11.0 Å². The number of ether oxygens (including phenoxy) is 1. The van der Waals surface area contributed by atoms with Crippen molar-refractivity contribution in [3.63, 3.8) is 0 Å². The van der Waals surface area contributed by atoms with Crippen molar-refractivity contribution in [2.75, 3.05) is 12.4 Å². The lowest BCUT2D eigenvalue weighted by atomic mass is 10.1. The Morgan fingerprint density at radius 2 is 1.88 bits per heavy atom. The third-order valence-electron chi connectivity index (χ3n) is 3.99. The number of carbonyl (C=O) groups is 1. The number of hydrogen-bond acceptors (Lipinski definition) is 3. The summed E-state index contributed by atoms with van der Waals surface area (Å²) in [7, 11) is 1.61. The van der Waals surface area contributed by atoms with E-state index in [1.54, 1.807) is 7.11 Å². The fourth-order valence-electron chi connectivity index (χ4n) is 2.89. The first-order valence-corrected chi connectivity index (χ1v) is 7.93. The van der Waals surface area contributed by atoms with Gasteiger partial charge in [-0.2, -0.15) is 0 Å². The summed E-state index contributed by atoms with van der Waals surface area (Å²) < 4.78 is 7.28. The van der Waals surface area contributed by atoms with Gasteiger partial charge < -0.3 is 14.6 Å². The highest BCUT2D eigenvalue weighted by atomic mass is 16.5. The van der Waals surface area contributed by atoms with Gasteiger partial charge in [-0.25, -0.2) is 4.98 Å². The van der Waals surface area contributed by atoms with Crippen molar-refractivity contribution in [1.29, 1.82) is 0 Å². The minimum atomic E-state index is -0.154. The Morgan fingerprint density at radius 3 is 2.50 bits per heavy atom. The number of nitrogens with zero attached hydrogens (tertiary/aromatic N) is 2. The molecular weight excluding hydrogens is 302 g/mol. The molecule has 3 rings (SSSR count). The number of carbonyl (C=O) groups excluding carboxylic acids is 1. The number of rotatable bonds is 4. The molecule has 0 saturated carbocycles. The molecule has 3 aromatic rings. The van der Waals surface area contributed by atoms with E-state index in [0.717, 1.165) is 28.3 Å². The van der Waals surface area contributed by atoms with E-state index in [0.29, 0.717) is 11.6 Å². The van der Waals surface area contributed by atoms with Crippen molar-refractivity contribution in [3.05, 3.63) is 53.9 Å². The summed E-state index contributed by atoms with van der Waals surface area (Å²) in [6, 6.07) is 13.2. The van der Waals surface area contributed by atoms with Gasteiger partial charge in [-0.3, -0.25) is 4.79 Å². The van der Waals surface area contributed by atoms with Crippen molar-refractivity contribution in [3.8, 4) is 5.75 Å². The predicted molar refractivity (Wildman–Crippen MR) is 95.8 cm³/mol. The molecule has 0 aliphatic heterocycles. The fourth-order valence-corrected chi connectivity index (χ4v) is 2.89. The van der Waals surface area contributed by atoms with Crippen LogP contribution in [0, 0.1) is 6.92 Å². The molecule has 0 atom stereocenters. The molecule has 5 nitrogen and oxygen atoms in total. The summed E-state index contributed by atoms with van der Waals surface area (Å²) in [6.45, 7) is 6.23. The first-order chi connectivity index (χ1) is 11.5. The molecule has 2 aromatic carbocycles. The van der Waals surface area contributed by atoms with Crippen LogP contribution in [0.4, 0.5) is 5.69 Å². The SMILES string of the molecule is COc1ccc(NC(=O)c2ccc3c(c2)nc(C)n3C(C)C)cc1. The van der Waals surface area contributed by atoms with Crippen LogP contribution < -0.4 is 10.1 Å². The molecule has 1 aromatic heterocycles. The monoisotopic (exact) mass is 323 g/mol. The predicted octanol–water partition coefficient (Wildman–Crippen LogP) is 4.19. The van der Waals surface area contributed by atoms with Gasteiger partial charge in [0.1, 0.15) is 11.6 Å². The molecule has 0 aliphatic carbocycles. The van der Waals surface area contributed by atoms with E-state index in [1.165, 1.54) is 0 Å². The van der Waals surface area contributed by atoms with E-state index in [4.69, 9.17) is 4.74 Å². The van der Waals surface area contributed by atoms with Crippen molar-refractivity contribution in [2.24, 2.45) is 0 Å². The fraction of sp³-hybridized carbons (Fsp3) is 0.263. The molecule has 1 N–H and O–H groups in total. The second kappa shape index (κ2) is 6.35. The molecule has 0 aliphatic rings. The van der Waals surface area contributed by atoms with Crippen LogP contribution in [-0.2, 0) is 0 Å². The molecule has 124 valence electrons. The molecule has 5 heteroatoms. The minimum absolute atomic E-state index is 0.154. The van der Waals surface area contributed by atoms with Crippen molar-refractivity contribution in [2.45, 2.75) is 26.8 Å². The summed E-state index contributed by atoms with van der Waals surface area (Å²) in [5, 5.41) is 2.89. The first-order valence-electron chi connectivity index (χ1n) is 7.93. The lowest BCUT2D eigenvalue weighted by Gasteiger charge is -2.11. The molecular formula is C19H21N3O2. The number of nitrogens with one attached hydrogen (secondary N) is 1. The van der Waals surface area contributed by atoms with Crippen molar-refractivity contribution in [1.82, 2.24) is 9.55 Å². The normalized spacial score (nSPS) is 11.0. The smallest absolute Gasteiger partial charge is 0.255 e. The molecule has 1 amide bonds. The molecule has 0 unspecified atom stereocenters. The molecule has 0 radical (unpaired) electrons. The Hall–Kier alpha value is -2.82. The number of aryl methyl sites for hydroxylation is 1. The van der Waals surface area contributed by atoms with E-state index in [1.807, 2.05) is 49.4 Å². The molecule has 0 fully saturated rings. The minimum Gasteiger partial charge on any atom is -0.497 e. The van der Waals surface area contributed by atoms with Gasteiger partial charge in [0.2, 0.25) is 0 Å². The van der Waals surface area contributed by atoms with Gasteiger partial charge in [-0.15, -0.1) is 0 Å². The quantitative estimate of drug-likeness (QED) is 0.783. The number of amides is 1. The van der Waals surface area contributed by atoms with Gasteiger partial charge in [0.25, 0.3) is 5.91 Å². The third kappa shape index (κ3) is 2.97. The van der Waals surface area contributed by atoms with Crippen molar-refractivity contribution >= 4 is 22.6 Å². The average Bonchev–Trinajstić information content (AvgIpc) is 2.90. The second-order valence-electron chi connectivity index (χ2n) is 6.01. The maximum atomic E-state index is 12.5. The maximum Gasteiger partial charge on any atom is 0.255 e. The summed E-state index contributed by atoms with van der Waals surface area (Å²) in [5.41, 5.74) is 3.20. The van der Waals surface area contributed by atoms with Gasteiger partial charge in [0.15, 0.2) is 0 Å². The number of imidazole rings is 1. The lowest BCUT2D eigenvalue weighted by molar-refractivity contribution is 0.102. The van der Waals surface area contributed by atoms with Crippen LogP contribution in [0.5, 0.6) is 5.75 Å². The van der Waals surface area contributed by atoms with E-state index in [9.17, 15) is 4.79 Å². The van der Waals surface area contributed by atoms with Gasteiger partial charge >= 0.3 is 0 Å². The zero-order valence-corrected chi connectivity index (χ0v) is 14.3. The van der Waals surface area contributed by atoms with Crippen LogP contribution >= 0.6 is 0 Å². The van der Waals surface area contributed by atoms with Crippen LogP contribution in [-0.4, -0.2) is 22.6 Å². The Kier molecular flexibility index (Phi) is 4.25. The zero-order chi connectivity index (χ0) is 17.3. The number of fused-ring (bicyclic) bond motifs is 1. The number of aromatic nitrogens is 2. The van der Waals surface area contributed by atoms with E-state index in [2.05, 4.69) is 28.7 Å². The zero-order valence-electron chi connectivity index (χ0n) is 14.3. The summed E-state index contributed by atoms with van der Waals surface area (Å²) in [6.07, 6.45) is 0. The molecule has 0 bridgehead atoms. The number of hydrogen-bond donors (Lipinski definition) is 1. The average molecular weight is 323 g/mol. The van der Waals surface area contributed by atoms with Gasteiger partial charge in [-0.1, -0.05) is 0 Å². The molecule has 0 saturated heterocycles. The third-order valence-corrected chi connectivity index (χ3v) is 3.99. The van der Waals surface area contributed by atoms with Gasteiger partial charge in [-0.05, 0) is 63.2 Å². The van der Waals surface area contributed by atoms with Crippen LogP contribution in [0.1, 0.15) is 36.1 Å². The summed E-state index contributed by atoms with van der Waals surface area (Å²) in [4.78, 5) is 17.0. The number of anilines is 1. The van der Waals surface area contributed by atoms with E-state index >= 15 is 0 Å². The van der Waals surface area contributed by atoms with Gasteiger partial charge in [0.05, 0.1) is 18.1 Å². The van der Waals surface area contributed by atoms with E-state index in [-0.39, 0.29) is 5.91 Å². The molecule has 1 heterocycles. The largest absolute Gasteiger partial charge is 0.497 e. The summed E-state index contributed by atoms with van der Waals surface area (Å²) >= 11 is 0. The highest BCUT2D eigenvalue weighted by Gasteiger charge is 2.13. The number of benzene rings is 2. The van der Waals surface area contributed by atoms with Gasteiger partial charge in [0, 0.05) is 17.3 Å². The second-order valence-corrected chi connectivity index (χ2v) is 6.01. The van der Waals surface area contributed by atoms with Crippen molar-refractivity contribution < 1.29 is 9.53 Å². The first kappa shape index (κ1) is 16.1. The van der Waals surface area contributed by atoms with Crippen LogP contribution in [0.2, 0.25) is 0 Å². The summed E-state index contributed by atoms with van der Waals surface area (Å²) in [5.74, 6) is 1.55. The Labute approximate surface area is 141 Å². The number of methoxy groups -OCH3 is 1. The highest BCUT2D eigenvalue weighted by Crippen LogP contribution is 2.22. The standard InChI is InChI=1S/C19H21N3O2/c1-12(2)22-13(3)20-17-11-14(5-10-18(17)22)19(23)21-15-6-8-16(24-4)9-7-15/h5-12H,1-4H3,(H,21,23). The highest BCUT2D eigenvalue weighted by molar-refractivity contribution is 6.06. The van der Waals surface area contributed by atoms with E-state index < -0.39 is 0 Å². The molecule has 24 heavy (non-hydrogen) atoms. The Morgan fingerprint density at radius 1 is 1.17 bits per heavy atom. The lowest BCUT2D eigenvalue weighted by Crippen LogP contribution is -2.11. The Bertz CT molecular complexity index is 880. The topological polar surface area (TPSA) is 56.1 Å². The maximum absolute atomic E-state index is 12.5. The van der Waals surface area contributed by atoms with Crippen LogP contribution in [0.15, 0.2) is 42.5 Å². The molecule has 0 spiro atoms.